The van der Waals surface area contributed by atoms with Crippen LogP contribution in [0.15, 0.2) is 48.5 Å². The van der Waals surface area contributed by atoms with E-state index in [1.807, 2.05) is 24.3 Å². The highest BCUT2D eigenvalue weighted by atomic mass is 16.3. The van der Waals surface area contributed by atoms with Crippen LogP contribution in [-0.4, -0.2) is 65.7 Å². The molecule has 3 atom stereocenters. The zero-order valence-corrected chi connectivity index (χ0v) is 19.4. The summed E-state index contributed by atoms with van der Waals surface area (Å²) >= 11 is 0. The summed E-state index contributed by atoms with van der Waals surface area (Å²) in [7, 11) is 0. The first kappa shape index (κ1) is 27.1. The molecular weight excluding hydrogens is 436 g/mol. The molecule has 0 unspecified atom stereocenters. The van der Waals surface area contributed by atoms with Gasteiger partial charge in [0.25, 0.3) is 5.91 Å². The van der Waals surface area contributed by atoms with Gasteiger partial charge in [-0.15, -0.1) is 0 Å². The van der Waals surface area contributed by atoms with Crippen LogP contribution in [0.25, 0.3) is 11.1 Å². The first-order chi connectivity index (χ1) is 16.3. The minimum Gasteiger partial charge on any atom is -0.391 e. The van der Waals surface area contributed by atoms with Crippen LogP contribution in [0.5, 0.6) is 0 Å². The van der Waals surface area contributed by atoms with Crippen LogP contribution < -0.4 is 22.1 Å². The fourth-order valence-corrected chi connectivity index (χ4v) is 3.40. The van der Waals surface area contributed by atoms with E-state index in [0.29, 0.717) is 37.9 Å². The molecule has 0 aliphatic heterocycles. The zero-order valence-electron chi connectivity index (χ0n) is 19.4. The molecule has 0 fully saturated rings. The Balaban J connectivity index is 1.92. The fourth-order valence-electron chi connectivity index (χ4n) is 3.40. The van der Waals surface area contributed by atoms with Crippen molar-refractivity contribution in [1.29, 1.82) is 0 Å². The van der Waals surface area contributed by atoms with Gasteiger partial charge in [0.05, 0.1) is 12.1 Å². The molecule has 184 valence electrons. The molecule has 0 aromatic heterocycles. The highest BCUT2D eigenvalue weighted by Gasteiger charge is 2.25. The Morgan fingerprint density at radius 1 is 1.00 bits per heavy atom. The quantitative estimate of drug-likeness (QED) is 0.242. The first-order valence-electron chi connectivity index (χ1n) is 11.3. The molecule has 0 radical (unpaired) electrons. The van der Waals surface area contributed by atoms with E-state index in [1.54, 1.807) is 24.3 Å². The van der Waals surface area contributed by atoms with Crippen LogP contribution in [0.3, 0.4) is 0 Å². The van der Waals surface area contributed by atoms with Crippen molar-refractivity contribution in [3.8, 4) is 11.1 Å². The Labute approximate surface area is 199 Å². The summed E-state index contributed by atoms with van der Waals surface area (Å²) in [6, 6.07) is 13.0. The van der Waals surface area contributed by atoms with E-state index in [-0.39, 0.29) is 5.91 Å². The van der Waals surface area contributed by atoms with E-state index in [1.165, 1.54) is 6.92 Å². The SMILES string of the molecule is C[C@@H](O)[C@H](NC(=O)c1ccc(-c2ccc(CCNC(=O)[C@@H](N)CCCN)cc2)cc1)C(=O)CO. The van der Waals surface area contributed by atoms with Gasteiger partial charge >= 0.3 is 0 Å². The highest BCUT2D eigenvalue weighted by Crippen LogP contribution is 2.21. The second-order valence-electron chi connectivity index (χ2n) is 8.17. The van der Waals surface area contributed by atoms with Crippen LogP contribution in [0.2, 0.25) is 0 Å². The lowest BCUT2D eigenvalue weighted by atomic mass is 10.0. The largest absolute Gasteiger partial charge is 0.391 e. The normalized spacial score (nSPS) is 13.6. The number of Topliss-reactive ketones (excluding diaryl/α,β-unsaturated/α-hetero) is 1. The number of rotatable bonds is 13. The number of benzene rings is 2. The lowest BCUT2D eigenvalue weighted by Crippen LogP contribution is -2.48. The third-order valence-corrected chi connectivity index (χ3v) is 5.48. The minimum absolute atomic E-state index is 0.172. The van der Waals surface area contributed by atoms with Crippen molar-refractivity contribution in [1.82, 2.24) is 10.6 Å². The second-order valence-corrected chi connectivity index (χ2v) is 8.17. The van der Waals surface area contributed by atoms with Crippen LogP contribution in [0.1, 0.15) is 35.7 Å². The van der Waals surface area contributed by atoms with Gasteiger partial charge in [0, 0.05) is 12.1 Å². The highest BCUT2D eigenvalue weighted by molar-refractivity contribution is 5.98. The van der Waals surface area contributed by atoms with Gasteiger partial charge in [-0.05, 0) is 61.6 Å². The van der Waals surface area contributed by atoms with Gasteiger partial charge in [0.2, 0.25) is 5.91 Å². The van der Waals surface area contributed by atoms with Gasteiger partial charge in [-0.25, -0.2) is 0 Å². The van der Waals surface area contributed by atoms with Crippen molar-refractivity contribution >= 4 is 17.6 Å². The van der Waals surface area contributed by atoms with Crippen molar-refractivity contribution in [2.45, 2.75) is 44.4 Å². The van der Waals surface area contributed by atoms with Gasteiger partial charge in [0.15, 0.2) is 5.78 Å². The van der Waals surface area contributed by atoms with Crippen LogP contribution in [-0.2, 0) is 16.0 Å². The maximum absolute atomic E-state index is 12.4. The van der Waals surface area contributed by atoms with E-state index >= 15 is 0 Å². The van der Waals surface area contributed by atoms with Crippen molar-refractivity contribution in [2.75, 3.05) is 19.7 Å². The molecule has 8 N–H and O–H groups in total. The molecule has 9 nitrogen and oxygen atoms in total. The number of aliphatic hydroxyl groups excluding tert-OH is 2. The Hall–Kier alpha value is -3.11. The molecule has 34 heavy (non-hydrogen) atoms. The molecule has 0 aliphatic carbocycles. The molecule has 0 heterocycles. The van der Waals surface area contributed by atoms with Crippen molar-refractivity contribution < 1.29 is 24.6 Å². The summed E-state index contributed by atoms with van der Waals surface area (Å²) in [6.45, 7) is 1.61. The maximum Gasteiger partial charge on any atom is 0.251 e. The Morgan fingerprint density at radius 3 is 2.12 bits per heavy atom. The van der Waals surface area contributed by atoms with Gasteiger partial charge in [-0.2, -0.15) is 0 Å². The van der Waals surface area contributed by atoms with E-state index in [4.69, 9.17) is 16.6 Å². The predicted octanol–water partition coefficient (Wildman–Crippen LogP) is 0.119. The summed E-state index contributed by atoms with van der Waals surface area (Å²) < 4.78 is 0. The number of nitrogens with one attached hydrogen (secondary N) is 2. The van der Waals surface area contributed by atoms with Gasteiger partial charge < -0.3 is 32.3 Å². The summed E-state index contributed by atoms with van der Waals surface area (Å²) in [5, 5.41) is 24.0. The summed E-state index contributed by atoms with van der Waals surface area (Å²) in [5.41, 5.74) is 14.5. The molecule has 0 spiro atoms. The van der Waals surface area contributed by atoms with E-state index in [9.17, 15) is 19.5 Å². The lowest BCUT2D eigenvalue weighted by molar-refractivity contribution is -0.126. The summed E-state index contributed by atoms with van der Waals surface area (Å²) in [6.07, 6.45) is 0.834. The predicted molar refractivity (Wildman–Crippen MR) is 130 cm³/mol. The average molecular weight is 471 g/mol. The number of hydrogen-bond acceptors (Lipinski definition) is 7. The van der Waals surface area contributed by atoms with E-state index < -0.39 is 36.5 Å². The molecular formula is C25H34N4O5. The standard InChI is InChI=1S/C25H34N4O5/c1-16(31)23(22(32)15-30)29-24(33)20-10-8-19(9-11-20)18-6-4-17(5-7-18)12-14-28-25(34)21(27)3-2-13-26/h4-11,16,21,23,30-31H,2-3,12-15,26-27H2,1H3,(H,28,34)(H,29,33)/t16-,21+,23+/m1/s1. The second kappa shape index (κ2) is 13.6. The van der Waals surface area contributed by atoms with Crippen LogP contribution in [0, 0.1) is 0 Å². The van der Waals surface area contributed by atoms with Crippen molar-refractivity contribution in [2.24, 2.45) is 11.5 Å². The lowest BCUT2D eigenvalue weighted by Gasteiger charge is -2.19. The van der Waals surface area contributed by atoms with Crippen molar-refractivity contribution in [3.63, 3.8) is 0 Å². The van der Waals surface area contributed by atoms with Gasteiger partial charge in [-0.3, -0.25) is 14.4 Å². The topological polar surface area (TPSA) is 168 Å². The summed E-state index contributed by atoms with van der Waals surface area (Å²) in [5.74, 6) is -1.34. The number of nitrogens with two attached hydrogens (primary N) is 2. The third kappa shape index (κ3) is 8.03. The van der Waals surface area contributed by atoms with Crippen LogP contribution >= 0.6 is 0 Å². The van der Waals surface area contributed by atoms with E-state index in [0.717, 1.165) is 16.7 Å². The van der Waals surface area contributed by atoms with Crippen LogP contribution in [0.4, 0.5) is 0 Å². The fraction of sp³-hybridized carbons (Fsp3) is 0.400. The smallest absolute Gasteiger partial charge is 0.251 e. The molecule has 2 amide bonds. The van der Waals surface area contributed by atoms with Gasteiger partial charge in [-0.1, -0.05) is 36.4 Å². The Morgan fingerprint density at radius 2 is 1.59 bits per heavy atom. The molecule has 0 bridgehead atoms. The zero-order chi connectivity index (χ0) is 25.1. The van der Waals surface area contributed by atoms with Crippen molar-refractivity contribution in [3.05, 3.63) is 59.7 Å². The summed E-state index contributed by atoms with van der Waals surface area (Å²) in [4.78, 5) is 36.1. The van der Waals surface area contributed by atoms with Gasteiger partial charge in [0.1, 0.15) is 12.6 Å². The maximum atomic E-state index is 12.4. The molecule has 2 rings (SSSR count). The number of carbonyl (C=O) groups is 3. The first-order valence-corrected chi connectivity index (χ1v) is 11.3. The minimum atomic E-state index is -1.17. The Kier molecular flexibility index (Phi) is 10.8. The van der Waals surface area contributed by atoms with E-state index in [2.05, 4.69) is 10.6 Å². The number of ketones is 1. The number of carbonyl (C=O) groups excluding carboxylic acids is 3. The molecule has 0 saturated carbocycles. The monoisotopic (exact) mass is 470 g/mol. The molecule has 0 saturated heterocycles. The molecule has 9 heteroatoms. The molecule has 0 aliphatic rings. The Bertz CT molecular complexity index is 945. The molecule has 2 aromatic carbocycles. The number of hydrogen-bond donors (Lipinski definition) is 6. The third-order valence-electron chi connectivity index (χ3n) is 5.48. The average Bonchev–Trinajstić information content (AvgIpc) is 2.85. The number of amides is 2. The number of aliphatic hydroxyl groups is 2. The molecule has 2 aromatic rings.